The van der Waals surface area contributed by atoms with E-state index in [1.54, 1.807) is 38.4 Å². The normalized spacial score (nSPS) is 11.7. The molecular weight excluding hydrogens is 220 g/mol. The molecule has 1 rings (SSSR count). The van der Waals surface area contributed by atoms with Crippen LogP contribution < -0.4 is 5.32 Å². The molecule has 0 spiro atoms. The number of benzene rings is 1. The van der Waals surface area contributed by atoms with Crippen molar-refractivity contribution in [2.24, 2.45) is 0 Å². The first-order valence-corrected chi connectivity index (χ1v) is 5.23. The monoisotopic (exact) mass is 236 g/mol. The van der Waals surface area contributed by atoms with Crippen LogP contribution in [0, 0.1) is 0 Å². The van der Waals surface area contributed by atoms with Crippen molar-refractivity contribution < 1.29 is 14.7 Å². The molecule has 17 heavy (non-hydrogen) atoms. The van der Waals surface area contributed by atoms with Crippen molar-refractivity contribution in [3.63, 3.8) is 0 Å². The Morgan fingerprint density at radius 1 is 1.29 bits per heavy atom. The summed E-state index contributed by atoms with van der Waals surface area (Å²) in [5, 5.41) is 11.6. The molecule has 0 saturated heterocycles. The molecule has 0 aliphatic carbocycles. The van der Waals surface area contributed by atoms with Gasteiger partial charge in [-0.25, -0.2) is 0 Å². The zero-order valence-corrected chi connectivity index (χ0v) is 10.1. The van der Waals surface area contributed by atoms with E-state index in [2.05, 4.69) is 5.32 Å². The third-order valence-electron chi connectivity index (χ3n) is 2.31. The minimum absolute atomic E-state index is 0.161. The third kappa shape index (κ3) is 3.21. The van der Waals surface area contributed by atoms with Crippen molar-refractivity contribution in [2.45, 2.75) is 13.0 Å². The van der Waals surface area contributed by atoms with Gasteiger partial charge in [-0.05, 0) is 19.1 Å². The molecule has 92 valence electrons. The molecular formula is C12H16N2O3. The van der Waals surface area contributed by atoms with Gasteiger partial charge < -0.3 is 15.3 Å². The number of nitrogens with zero attached hydrogens (tertiary/aromatic N) is 1. The molecule has 1 amide bonds. The average Bonchev–Trinajstić information content (AvgIpc) is 2.28. The van der Waals surface area contributed by atoms with Gasteiger partial charge in [-0.15, -0.1) is 0 Å². The lowest BCUT2D eigenvalue weighted by Gasteiger charge is -2.17. The molecule has 0 fully saturated rings. The van der Waals surface area contributed by atoms with Crippen LogP contribution in [-0.4, -0.2) is 42.0 Å². The number of rotatable bonds is 4. The van der Waals surface area contributed by atoms with Gasteiger partial charge >= 0.3 is 5.97 Å². The summed E-state index contributed by atoms with van der Waals surface area (Å²) in [6, 6.07) is 6.11. The number of carboxylic acid groups (broad SMARTS) is 1. The van der Waals surface area contributed by atoms with E-state index in [1.165, 1.54) is 11.8 Å². The molecule has 1 atom stereocenters. The van der Waals surface area contributed by atoms with Crippen LogP contribution in [0.15, 0.2) is 24.3 Å². The first-order chi connectivity index (χ1) is 7.93. The number of nitrogens with one attached hydrogen (secondary N) is 1. The number of carboxylic acids is 1. The quantitative estimate of drug-likeness (QED) is 0.826. The van der Waals surface area contributed by atoms with E-state index >= 15 is 0 Å². The van der Waals surface area contributed by atoms with Gasteiger partial charge in [0.1, 0.15) is 6.04 Å². The molecule has 0 aliphatic heterocycles. The van der Waals surface area contributed by atoms with Crippen LogP contribution in [-0.2, 0) is 4.79 Å². The lowest BCUT2D eigenvalue weighted by Crippen LogP contribution is -2.28. The Morgan fingerprint density at radius 2 is 1.88 bits per heavy atom. The maximum absolute atomic E-state index is 11.9. The molecule has 1 aromatic rings. The van der Waals surface area contributed by atoms with E-state index in [4.69, 9.17) is 5.11 Å². The van der Waals surface area contributed by atoms with Gasteiger partial charge in [0.2, 0.25) is 0 Å². The molecule has 1 unspecified atom stereocenters. The summed E-state index contributed by atoms with van der Waals surface area (Å²) in [5.41, 5.74) is 0.992. The fourth-order valence-corrected chi connectivity index (χ4v) is 1.33. The SMILES string of the molecule is CC(Nc1ccccc1C(=O)N(C)C)C(=O)O. The predicted molar refractivity (Wildman–Crippen MR) is 65.2 cm³/mol. The van der Waals surface area contributed by atoms with Crippen LogP contribution in [0.25, 0.3) is 0 Å². The largest absolute Gasteiger partial charge is 0.480 e. The maximum atomic E-state index is 11.9. The zero-order valence-electron chi connectivity index (χ0n) is 10.1. The summed E-state index contributed by atoms with van der Waals surface area (Å²) in [4.78, 5) is 24.1. The summed E-state index contributed by atoms with van der Waals surface area (Å²) in [6.45, 7) is 1.53. The van der Waals surface area contributed by atoms with E-state index in [1.807, 2.05) is 0 Å². The first-order valence-electron chi connectivity index (χ1n) is 5.23. The minimum atomic E-state index is -0.961. The van der Waals surface area contributed by atoms with Crippen molar-refractivity contribution in [3.8, 4) is 0 Å². The summed E-state index contributed by atoms with van der Waals surface area (Å²) in [7, 11) is 3.31. The fraction of sp³-hybridized carbons (Fsp3) is 0.333. The predicted octanol–water partition coefficient (Wildman–Crippen LogP) is 1.27. The average molecular weight is 236 g/mol. The van der Waals surface area contributed by atoms with Gasteiger partial charge in [-0.3, -0.25) is 9.59 Å². The smallest absolute Gasteiger partial charge is 0.325 e. The van der Waals surface area contributed by atoms with E-state index in [0.29, 0.717) is 11.3 Å². The molecule has 0 aliphatic rings. The first kappa shape index (κ1) is 13.0. The second kappa shape index (κ2) is 5.34. The highest BCUT2D eigenvalue weighted by molar-refractivity contribution is 5.99. The lowest BCUT2D eigenvalue weighted by atomic mass is 10.1. The van der Waals surface area contributed by atoms with Crippen LogP contribution in [0.4, 0.5) is 5.69 Å². The molecule has 5 heteroatoms. The number of hydrogen-bond acceptors (Lipinski definition) is 3. The Morgan fingerprint density at radius 3 is 2.41 bits per heavy atom. The highest BCUT2D eigenvalue weighted by Gasteiger charge is 2.16. The number of anilines is 1. The van der Waals surface area contributed by atoms with Gasteiger partial charge in [-0.2, -0.15) is 0 Å². The van der Waals surface area contributed by atoms with Gasteiger partial charge in [0, 0.05) is 19.8 Å². The number of carbonyl (C=O) groups is 2. The number of para-hydroxylation sites is 1. The van der Waals surface area contributed by atoms with Crippen LogP contribution in [0.5, 0.6) is 0 Å². The molecule has 0 saturated carbocycles. The Kier molecular flexibility index (Phi) is 4.09. The highest BCUT2D eigenvalue weighted by Crippen LogP contribution is 2.17. The highest BCUT2D eigenvalue weighted by atomic mass is 16.4. The Bertz CT molecular complexity index is 430. The Hall–Kier alpha value is -2.04. The van der Waals surface area contributed by atoms with E-state index in [9.17, 15) is 9.59 Å². The summed E-state index contributed by atoms with van der Waals surface area (Å²) < 4.78 is 0. The maximum Gasteiger partial charge on any atom is 0.325 e. The summed E-state index contributed by atoms with van der Waals surface area (Å²) >= 11 is 0. The molecule has 0 radical (unpaired) electrons. The second-order valence-corrected chi connectivity index (χ2v) is 3.95. The minimum Gasteiger partial charge on any atom is -0.480 e. The summed E-state index contributed by atoms with van der Waals surface area (Å²) in [5.74, 6) is -1.12. The van der Waals surface area contributed by atoms with Gasteiger partial charge in [-0.1, -0.05) is 12.1 Å². The van der Waals surface area contributed by atoms with Crippen LogP contribution >= 0.6 is 0 Å². The number of carbonyl (C=O) groups excluding carboxylic acids is 1. The molecule has 5 nitrogen and oxygen atoms in total. The summed E-state index contributed by atoms with van der Waals surface area (Å²) in [6.07, 6.45) is 0. The Balaban J connectivity index is 3.00. The number of hydrogen-bond donors (Lipinski definition) is 2. The van der Waals surface area contributed by atoms with E-state index in [-0.39, 0.29) is 5.91 Å². The van der Waals surface area contributed by atoms with Crippen molar-refractivity contribution in [3.05, 3.63) is 29.8 Å². The lowest BCUT2D eigenvalue weighted by molar-refractivity contribution is -0.137. The van der Waals surface area contributed by atoms with Crippen LogP contribution in [0.1, 0.15) is 17.3 Å². The Labute approximate surface area is 100 Å². The number of aliphatic carboxylic acids is 1. The molecule has 2 N–H and O–H groups in total. The fourth-order valence-electron chi connectivity index (χ4n) is 1.33. The molecule has 1 aromatic carbocycles. The molecule has 0 aromatic heterocycles. The number of amides is 1. The van der Waals surface area contributed by atoms with Crippen LogP contribution in [0.3, 0.4) is 0 Å². The van der Waals surface area contributed by atoms with E-state index in [0.717, 1.165) is 0 Å². The molecule has 0 heterocycles. The topological polar surface area (TPSA) is 69.6 Å². The van der Waals surface area contributed by atoms with Crippen molar-refractivity contribution in [1.29, 1.82) is 0 Å². The van der Waals surface area contributed by atoms with Crippen LogP contribution in [0.2, 0.25) is 0 Å². The standard InChI is InChI=1S/C12H16N2O3/c1-8(12(16)17)13-10-7-5-4-6-9(10)11(15)14(2)3/h4-8,13H,1-3H3,(H,16,17). The second-order valence-electron chi connectivity index (χ2n) is 3.95. The third-order valence-corrected chi connectivity index (χ3v) is 2.31. The van der Waals surface area contributed by atoms with E-state index < -0.39 is 12.0 Å². The van der Waals surface area contributed by atoms with Crippen molar-refractivity contribution in [1.82, 2.24) is 4.90 Å². The molecule has 0 bridgehead atoms. The zero-order chi connectivity index (χ0) is 13.0. The van der Waals surface area contributed by atoms with Gasteiger partial charge in [0.25, 0.3) is 5.91 Å². The van der Waals surface area contributed by atoms with Gasteiger partial charge in [0.05, 0.1) is 5.56 Å². The van der Waals surface area contributed by atoms with Crippen molar-refractivity contribution in [2.75, 3.05) is 19.4 Å². The van der Waals surface area contributed by atoms with Gasteiger partial charge in [0.15, 0.2) is 0 Å². The van der Waals surface area contributed by atoms with Crippen molar-refractivity contribution >= 4 is 17.6 Å².